The normalized spacial score (nSPS) is 14.3. The summed E-state index contributed by atoms with van der Waals surface area (Å²) in [6.07, 6.45) is 1.90. The van der Waals surface area contributed by atoms with Gasteiger partial charge in [0.25, 0.3) is 0 Å². The van der Waals surface area contributed by atoms with E-state index in [1.54, 1.807) is 0 Å². The van der Waals surface area contributed by atoms with Crippen molar-refractivity contribution in [2.24, 2.45) is 5.92 Å². The molecule has 1 amide bonds. The summed E-state index contributed by atoms with van der Waals surface area (Å²) in [7, 11) is 0. The van der Waals surface area contributed by atoms with Crippen molar-refractivity contribution in [1.29, 1.82) is 0 Å². The van der Waals surface area contributed by atoms with Crippen LogP contribution in [0.4, 0.5) is 0 Å². The van der Waals surface area contributed by atoms with Gasteiger partial charge in [-0.1, -0.05) is 59.7 Å². The molecule has 0 atom stereocenters. The maximum Gasteiger partial charge on any atom is 0.414 e. The van der Waals surface area contributed by atoms with Crippen molar-refractivity contribution in [2.45, 2.75) is 39.8 Å². The largest absolute Gasteiger partial charge is 0.473 e. The number of amides is 1. The van der Waals surface area contributed by atoms with Gasteiger partial charge in [0.2, 0.25) is 5.91 Å². The maximum atomic E-state index is 12.4. The Balaban J connectivity index is 0.000000501. The lowest BCUT2D eigenvalue weighted by Gasteiger charge is -2.31. The number of hydrogen-bond acceptors (Lipinski definition) is 4. The van der Waals surface area contributed by atoms with E-state index in [0.717, 1.165) is 38.0 Å². The average molecular weight is 427 g/mol. The molecule has 1 aliphatic rings. The van der Waals surface area contributed by atoms with Crippen LogP contribution in [-0.4, -0.2) is 46.0 Å². The van der Waals surface area contributed by atoms with Crippen LogP contribution in [0, 0.1) is 19.8 Å². The predicted octanol–water partition coefficient (Wildman–Crippen LogP) is 2.99. The molecule has 0 spiro atoms. The molecule has 3 N–H and O–H groups in total. The van der Waals surface area contributed by atoms with Crippen molar-refractivity contribution < 1.29 is 24.6 Å². The first-order chi connectivity index (χ1) is 14.7. The Hall–Kier alpha value is -3.19. The zero-order valence-electron chi connectivity index (χ0n) is 18.0. The Kier molecular flexibility index (Phi) is 9.21. The van der Waals surface area contributed by atoms with Crippen molar-refractivity contribution in [3.8, 4) is 0 Å². The van der Waals surface area contributed by atoms with Crippen molar-refractivity contribution >= 4 is 17.8 Å². The molecule has 1 saturated heterocycles. The summed E-state index contributed by atoms with van der Waals surface area (Å²) in [6.45, 7) is 7.82. The first kappa shape index (κ1) is 24.1. The number of benzene rings is 2. The van der Waals surface area contributed by atoms with Gasteiger partial charge in [-0.2, -0.15) is 0 Å². The minimum Gasteiger partial charge on any atom is -0.473 e. The molecule has 1 heterocycles. The highest BCUT2D eigenvalue weighted by molar-refractivity contribution is 6.27. The number of carboxylic acid groups (broad SMARTS) is 2. The molecule has 0 bridgehead atoms. The Labute approximate surface area is 182 Å². The topological polar surface area (TPSA) is 107 Å². The molecule has 1 aliphatic heterocycles. The molecular weight excluding hydrogens is 396 g/mol. The van der Waals surface area contributed by atoms with Crippen molar-refractivity contribution in [2.75, 3.05) is 13.1 Å². The van der Waals surface area contributed by atoms with Gasteiger partial charge < -0.3 is 15.5 Å². The number of aryl methyl sites for hydroxylation is 2. The average Bonchev–Trinajstić information content (AvgIpc) is 2.74. The van der Waals surface area contributed by atoms with E-state index in [9.17, 15) is 4.79 Å². The number of nitrogens with zero attached hydrogens (tertiary/aromatic N) is 1. The number of carbonyl (C=O) groups excluding carboxylic acids is 1. The van der Waals surface area contributed by atoms with Crippen LogP contribution in [0.3, 0.4) is 0 Å². The van der Waals surface area contributed by atoms with Crippen molar-refractivity contribution in [3.05, 3.63) is 70.8 Å². The molecule has 0 saturated carbocycles. The lowest BCUT2D eigenvalue weighted by molar-refractivity contribution is -0.159. The molecule has 7 nitrogen and oxygen atoms in total. The molecular formula is C24H30N2O5. The number of carboxylic acids is 2. The smallest absolute Gasteiger partial charge is 0.414 e. The number of aliphatic carboxylic acids is 2. The van der Waals surface area contributed by atoms with Crippen LogP contribution in [-0.2, 0) is 27.5 Å². The van der Waals surface area contributed by atoms with E-state index in [0.29, 0.717) is 6.54 Å². The van der Waals surface area contributed by atoms with Crippen LogP contribution in [0.2, 0.25) is 0 Å². The van der Waals surface area contributed by atoms with E-state index in [4.69, 9.17) is 19.8 Å². The number of rotatable bonds is 5. The maximum absolute atomic E-state index is 12.4. The SMILES string of the molecule is Cc1ccc(CNC(=O)C2CCN(Cc3cccc(C)c3)CC2)cc1.O=C(O)C(=O)O. The van der Waals surface area contributed by atoms with Crippen LogP contribution in [0.15, 0.2) is 48.5 Å². The molecule has 1 fully saturated rings. The van der Waals surface area contributed by atoms with E-state index in [1.165, 1.54) is 16.7 Å². The molecule has 0 aromatic heterocycles. The van der Waals surface area contributed by atoms with E-state index >= 15 is 0 Å². The first-order valence-corrected chi connectivity index (χ1v) is 10.3. The number of hydrogen-bond donors (Lipinski definition) is 3. The van der Waals surface area contributed by atoms with Crippen LogP contribution in [0.1, 0.15) is 35.1 Å². The summed E-state index contributed by atoms with van der Waals surface area (Å²) in [5.41, 5.74) is 5.08. The third-order valence-electron chi connectivity index (χ3n) is 5.22. The summed E-state index contributed by atoms with van der Waals surface area (Å²) in [5, 5.41) is 17.9. The second-order valence-electron chi connectivity index (χ2n) is 7.85. The Morgan fingerprint density at radius 1 is 0.903 bits per heavy atom. The number of carbonyl (C=O) groups is 3. The van der Waals surface area contributed by atoms with Crippen LogP contribution >= 0.6 is 0 Å². The zero-order chi connectivity index (χ0) is 22.8. The molecule has 0 aliphatic carbocycles. The highest BCUT2D eigenvalue weighted by Crippen LogP contribution is 2.20. The van der Waals surface area contributed by atoms with Gasteiger partial charge in [-0.05, 0) is 50.9 Å². The second-order valence-corrected chi connectivity index (χ2v) is 7.85. The van der Waals surface area contributed by atoms with E-state index in [-0.39, 0.29) is 11.8 Å². The summed E-state index contributed by atoms with van der Waals surface area (Å²) < 4.78 is 0. The summed E-state index contributed by atoms with van der Waals surface area (Å²) in [4.78, 5) is 33.1. The first-order valence-electron chi connectivity index (χ1n) is 10.3. The second kappa shape index (κ2) is 11.9. The predicted molar refractivity (Wildman–Crippen MR) is 117 cm³/mol. The van der Waals surface area contributed by atoms with Crippen molar-refractivity contribution in [1.82, 2.24) is 10.2 Å². The third kappa shape index (κ3) is 8.60. The van der Waals surface area contributed by atoms with Crippen LogP contribution in [0.25, 0.3) is 0 Å². The summed E-state index contributed by atoms with van der Waals surface area (Å²) >= 11 is 0. The molecule has 0 unspecified atom stereocenters. The Bertz CT molecular complexity index is 875. The fourth-order valence-corrected chi connectivity index (χ4v) is 3.46. The van der Waals surface area contributed by atoms with Gasteiger partial charge in [-0.25, -0.2) is 9.59 Å². The fraction of sp³-hybridized carbons (Fsp3) is 0.375. The minimum atomic E-state index is -1.82. The molecule has 2 aromatic carbocycles. The standard InChI is InChI=1S/C22H28N2O.C2H2O4/c1-17-6-8-19(9-7-17)15-23-22(25)21-10-12-24(13-11-21)16-20-5-3-4-18(2)14-20;3-1(4)2(5)6/h3-9,14,21H,10-13,15-16H2,1-2H3,(H,23,25);(H,3,4)(H,5,6). The van der Waals surface area contributed by atoms with Gasteiger partial charge >= 0.3 is 11.9 Å². The minimum absolute atomic E-state index is 0.152. The third-order valence-corrected chi connectivity index (χ3v) is 5.22. The Morgan fingerprint density at radius 3 is 2.06 bits per heavy atom. The summed E-state index contributed by atoms with van der Waals surface area (Å²) in [5.74, 6) is -3.29. The van der Waals surface area contributed by atoms with E-state index in [2.05, 4.69) is 72.6 Å². The number of likely N-dealkylation sites (tertiary alicyclic amines) is 1. The molecule has 3 rings (SSSR count). The fourth-order valence-electron chi connectivity index (χ4n) is 3.46. The van der Waals surface area contributed by atoms with Gasteiger partial charge in [0, 0.05) is 19.0 Å². The monoisotopic (exact) mass is 426 g/mol. The summed E-state index contributed by atoms with van der Waals surface area (Å²) in [6, 6.07) is 17.0. The molecule has 0 radical (unpaired) electrons. The van der Waals surface area contributed by atoms with E-state index in [1.807, 2.05) is 0 Å². The van der Waals surface area contributed by atoms with Gasteiger partial charge in [0.1, 0.15) is 0 Å². The molecule has 2 aromatic rings. The zero-order valence-corrected chi connectivity index (χ0v) is 18.0. The highest BCUT2D eigenvalue weighted by Gasteiger charge is 2.24. The van der Waals surface area contributed by atoms with Gasteiger partial charge in [-0.15, -0.1) is 0 Å². The lowest BCUT2D eigenvalue weighted by atomic mass is 9.95. The number of nitrogens with one attached hydrogen (secondary N) is 1. The number of piperidine rings is 1. The molecule has 166 valence electrons. The van der Waals surface area contributed by atoms with Crippen LogP contribution in [0.5, 0.6) is 0 Å². The highest BCUT2D eigenvalue weighted by atomic mass is 16.4. The van der Waals surface area contributed by atoms with E-state index < -0.39 is 11.9 Å². The lowest BCUT2D eigenvalue weighted by Crippen LogP contribution is -2.40. The quantitative estimate of drug-likeness (QED) is 0.635. The van der Waals surface area contributed by atoms with Gasteiger partial charge in [-0.3, -0.25) is 9.69 Å². The van der Waals surface area contributed by atoms with Gasteiger partial charge in [0.15, 0.2) is 0 Å². The molecule has 7 heteroatoms. The Morgan fingerprint density at radius 2 is 1.52 bits per heavy atom. The van der Waals surface area contributed by atoms with Gasteiger partial charge in [0.05, 0.1) is 0 Å². The molecule has 31 heavy (non-hydrogen) atoms. The van der Waals surface area contributed by atoms with Crippen molar-refractivity contribution in [3.63, 3.8) is 0 Å². The van der Waals surface area contributed by atoms with Crippen LogP contribution < -0.4 is 5.32 Å².